The molecular weight excluding hydrogens is 188 g/mol. The van der Waals surface area contributed by atoms with Gasteiger partial charge in [-0.25, -0.2) is 0 Å². The van der Waals surface area contributed by atoms with Crippen molar-refractivity contribution in [2.45, 2.75) is 32.3 Å². The molecule has 1 aliphatic heterocycles. The lowest BCUT2D eigenvalue weighted by molar-refractivity contribution is 0.0393. The summed E-state index contributed by atoms with van der Waals surface area (Å²) in [6.45, 7) is 4.43. The van der Waals surface area contributed by atoms with Crippen LogP contribution in [0.15, 0.2) is 24.3 Å². The Bertz CT molecular complexity index is 339. The van der Waals surface area contributed by atoms with Gasteiger partial charge >= 0.3 is 0 Å². The van der Waals surface area contributed by atoms with Gasteiger partial charge in [-0.15, -0.1) is 0 Å². The van der Waals surface area contributed by atoms with Crippen LogP contribution in [0.25, 0.3) is 0 Å². The van der Waals surface area contributed by atoms with Gasteiger partial charge in [0, 0.05) is 0 Å². The van der Waals surface area contributed by atoms with Crippen molar-refractivity contribution in [2.75, 3.05) is 6.61 Å². The number of fused-ring (bicyclic) bond motifs is 1. The Morgan fingerprint density at radius 3 is 2.87 bits per heavy atom. The first-order valence-electron chi connectivity index (χ1n) is 5.48. The van der Waals surface area contributed by atoms with Crippen LogP contribution in [0.3, 0.4) is 0 Å². The van der Waals surface area contributed by atoms with Crippen LogP contribution in [0.2, 0.25) is 0 Å². The highest BCUT2D eigenvalue weighted by molar-refractivity contribution is 5.35. The summed E-state index contributed by atoms with van der Waals surface area (Å²) >= 11 is 0. The molecule has 0 fully saturated rings. The lowest BCUT2D eigenvalue weighted by Gasteiger charge is -2.29. The largest absolute Gasteiger partial charge is 0.493 e. The van der Waals surface area contributed by atoms with E-state index in [2.05, 4.69) is 6.07 Å². The van der Waals surface area contributed by atoms with Gasteiger partial charge in [-0.2, -0.15) is 0 Å². The van der Waals surface area contributed by atoms with E-state index in [4.69, 9.17) is 4.74 Å². The highest BCUT2D eigenvalue weighted by Gasteiger charge is 2.25. The van der Waals surface area contributed by atoms with Crippen molar-refractivity contribution in [1.29, 1.82) is 0 Å². The van der Waals surface area contributed by atoms with E-state index < -0.39 is 5.60 Å². The van der Waals surface area contributed by atoms with Crippen LogP contribution in [0, 0.1) is 5.92 Å². The molecule has 2 rings (SSSR count). The number of hydrogen-bond donors (Lipinski definition) is 1. The minimum absolute atomic E-state index is 0.430. The maximum atomic E-state index is 9.76. The third-order valence-electron chi connectivity index (χ3n) is 2.74. The van der Waals surface area contributed by atoms with Gasteiger partial charge in [0.05, 0.1) is 12.2 Å². The average Bonchev–Trinajstić information content (AvgIpc) is 2.15. The predicted molar refractivity (Wildman–Crippen MR) is 60.0 cm³/mol. The molecular formula is C13H18O2. The molecule has 0 amide bonds. The van der Waals surface area contributed by atoms with Crippen LogP contribution in [0.5, 0.6) is 5.75 Å². The third kappa shape index (κ3) is 2.72. The molecule has 0 saturated carbocycles. The van der Waals surface area contributed by atoms with Gasteiger partial charge in [0.15, 0.2) is 0 Å². The molecule has 2 heteroatoms. The number of hydrogen-bond acceptors (Lipinski definition) is 2. The van der Waals surface area contributed by atoms with Crippen molar-refractivity contribution in [1.82, 2.24) is 0 Å². The Hall–Kier alpha value is -1.02. The van der Waals surface area contributed by atoms with Gasteiger partial charge in [-0.05, 0) is 44.2 Å². The molecule has 1 atom stereocenters. The molecule has 0 aliphatic carbocycles. The van der Waals surface area contributed by atoms with E-state index in [1.165, 1.54) is 5.56 Å². The van der Waals surface area contributed by atoms with Gasteiger partial charge < -0.3 is 9.84 Å². The van der Waals surface area contributed by atoms with Crippen molar-refractivity contribution in [3.63, 3.8) is 0 Å². The Morgan fingerprint density at radius 2 is 2.13 bits per heavy atom. The summed E-state index contributed by atoms with van der Waals surface area (Å²) in [6.07, 6.45) is 1.81. The molecule has 0 spiro atoms. The first-order chi connectivity index (χ1) is 7.04. The summed E-state index contributed by atoms with van der Waals surface area (Å²) < 4.78 is 5.67. The molecule has 1 N–H and O–H groups in total. The van der Waals surface area contributed by atoms with Crippen LogP contribution >= 0.6 is 0 Å². The van der Waals surface area contributed by atoms with Crippen molar-refractivity contribution < 1.29 is 9.84 Å². The minimum Gasteiger partial charge on any atom is -0.493 e. The van der Waals surface area contributed by atoms with Crippen molar-refractivity contribution in [2.24, 2.45) is 5.92 Å². The van der Waals surface area contributed by atoms with Crippen LogP contribution in [-0.4, -0.2) is 17.3 Å². The number of rotatable bonds is 2. The smallest absolute Gasteiger partial charge is 0.122 e. The molecule has 1 aromatic carbocycles. The van der Waals surface area contributed by atoms with Crippen LogP contribution in [0.1, 0.15) is 25.8 Å². The molecule has 1 aliphatic rings. The zero-order valence-corrected chi connectivity index (χ0v) is 9.36. The first-order valence-corrected chi connectivity index (χ1v) is 5.48. The minimum atomic E-state index is -0.597. The maximum Gasteiger partial charge on any atom is 0.122 e. The van der Waals surface area contributed by atoms with E-state index in [1.54, 1.807) is 0 Å². The quantitative estimate of drug-likeness (QED) is 0.805. The first kappa shape index (κ1) is 10.5. The topological polar surface area (TPSA) is 29.5 Å². The second-order valence-corrected chi connectivity index (χ2v) is 5.01. The molecule has 1 unspecified atom stereocenters. The summed E-state index contributed by atoms with van der Waals surface area (Å²) in [6, 6.07) is 8.14. The molecule has 82 valence electrons. The average molecular weight is 206 g/mol. The molecule has 0 radical (unpaired) electrons. The van der Waals surface area contributed by atoms with Gasteiger partial charge in [-0.1, -0.05) is 18.2 Å². The van der Waals surface area contributed by atoms with Crippen LogP contribution in [-0.2, 0) is 6.42 Å². The molecule has 15 heavy (non-hydrogen) atoms. The lowest BCUT2D eigenvalue weighted by atomic mass is 9.87. The van der Waals surface area contributed by atoms with E-state index in [0.717, 1.165) is 25.2 Å². The highest BCUT2D eigenvalue weighted by atomic mass is 16.5. The number of aliphatic hydroxyl groups is 1. The summed E-state index contributed by atoms with van der Waals surface area (Å²) in [4.78, 5) is 0. The third-order valence-corrected chi connectivity index (χ3v) is 2.74. The second-order valence-electron chi connectivity index (χ2n) is 5.01. The Labute approximate surface area is 90.9 Å². The summed E-state index contributed by atoms with van der Waals surface area (Å²) in [5.74, 6) is 1.43. The summed E-state index contributed by atoms with van der Waals surface area (Å²) in [7, 11) is 0. The van der Waals surface area contributed by atoms with Gasteiger partial charge in [0.25, 0.3) is 0 Å². The molecule has 2 nitrogen and oxygen atoms in total. The lowest BCUT2D eigenvalue weighted by Crippen LogP contribution is -2.30. The van der Waals surface area contributed by atoms with Gasteiger partial charge in [0.1, 0.15) is 5.75 Å². The highest BCUT2D eigenvalue weighted by Crippen LogP contribution is 2.30. The standard InChI is InChI=1S/C13H18O2/c1-13(2,14)8-10-7-11-5-3-4-6-12(11)15-9-10/h3-6,10,14H,7-9H2,1-2H3. The Kier molecular flexibility index (Phi) is 2.70. The van der Waals surface area contributed by atoms with E-state index in [1.807, 2.05) is 32.0 Å². The van der Waals surface area contributed by atoms with Gasteiger partial charge in [0.2, 0.25) is 0 Å². The van der Waals surface area contributed by atoms with Crippen molar-refractivity contribution in [3.8, 4) is 5.75 Å². The molecule has 1 aromatic rings. The maximum absolute atomic E-state index is 9.76. The predicted octanol–water partition coefficient (Wildman–Crippen LogP) is 2.40. The monoisotopic (exact) mass is 206 g/mol. The molecule has 0 saturated heterocycles. The van der Waals surface area contributed by atoms with Crippen molar-refractivity contribution in [3.05, 3.63) is 29.8 Å². The van der Waals surface area contributed by atoms with E-state index in [0.29, 0.717) is 5.92 Å². The van der Waals surface area contributed by atoms with E-state index in [-0.39, 0.29) is 0 Å². The van der Waals surface area contributed by atoms with Crippen molar-refractivity contribution >= 4 is 0 Å². The zero-order chi connectivity index (χ0) is 10.9. The second kappa shape index (κ2) is 3.86. The van der Waals surface area contributed by atoms with E-state index in [9.17, 15) is 5.11 Å². The SMILES string of the molecule is CC(C)(O)CC1COc2ccccc2C1. The molecule has 1 heterocycles. The number of para-hydroxylation sites is 1. The van der Waals surface area contributed by atoms with Gasteiger partial charge in [-0.3, -0.25) is 0 Å². The molecule has 0 aromatic heterocycles. The number of benzene rings is 1. The van der Waals surface area contributed by atoms with E-state index >= 15 is 0 Å². The Balaban J connectivity index is 2.06. The normalized spacial score (nSPS) is 20.6. The summed E-state index contributed by atoms with van der Waals surface area (Å²) in [5, 5.41) is 9.76. The zero-order valence-electron chi connectivity index (χ0n) is 9.36. The fourth-order valence-corrected chi connectivity index (χ4v) is 2.23. The fourth-order valence-electron chi connectivity index (χ4n) is 2.23. The fraction of sp³-hybridized carbons (Fsp3) is 0.538. The van der Waals surface area contributed by atoms with Crippen LogP contribution in [0.4, 0.5) is 0 Å². The Morgan fingerprint density at radius 1 is 1.40 bits per heavy atom. The van der Waals surface area contributed by atoms with Crippen LogP contribution < -0.4 is 4.74 Å². The molecule has 0 bridgehead atoms. The number of ether oxygens (including phenoxy) is 1. The summed E-state index contributed by atoms with van der Waals surface area (Å²) in [5.41, 5.74) is 0.665.